The first-order valence-corrected chi connectivity index (χ1v) is 6.79. The summed E-state index contributed by atoms with van der Waals surface area (Å²) in [7, 11) is -0.456. The quantitative estimate of drug-likeness (QED) is 0.793. The minimum absolute atomic E-state index is 0.211. The van der Waals surface area contributed by atoms with Crippen molar-refractivity contribution in [3.63, 3.8) is 0 Å². The Kier molecular flexibility index (Phi) is 5.20. The number of nitrogens with zero attached hydrogens (tertiary/aromatic N) is 1. The van der Waals surface area contributed by atoms with Gasteiger partial charge in [-0.25, -0.2) is 0 Å². The van der Waals surface area contributed by atoms with Crippen LogP contribution in [0.15, 0.2) is 24.3 Å². The molecule has 5 nitrogen and oxygen atoms in total. The molecule has 1 aromatic carbocycles. The van der Waals surface area contributed by atoms with Crippen molar-refractivity contribution in [3.8, 4) is 5.75 Å². The van der Waals surface area contributed by atoms with Gasteiger partial charge in [0.15, 0.2) is 0 Å². The highest BCUT2D eigenvalue weighted by Gasteiger charge is 2.11. The van der Waals surface area contributed by atoms with Crippen LogP contribution in [0.25, 0.3) is 0 Å². The first kappa shape index (κ1) is 14.2. The Balaban J connectivity index is 2.32. The maximum absolute atomic E-state index is 11.3. The van der Waals surface area contributed by atoms with Gasteiger partial charge in [-0.05, 0) is 24.3 Å². The van der Waals surface area contributed by atoms with Crippen molar-refractivity contribution in [1.82, 2.24) is 9.03 Å². The summed E-state index contributed by atoms with van der Waals surface area (Å²) in [6, 6.07) is 6.87. The highest BCUT2D eigenvalue weighted by atomic mass is 35.5. The number of benzene rings is 1. The van der Waals surface area contributed by atoms with Crippen LogP contribution in [0.1, 0.15) is 0 Å². The second-order valence-corrected chi connectivity index (χ2v) is 5.89. The molecule has 1 N–H and O–H groups in total. The summed E-state index contributed by atoms with van der Waals surface area (Å²) in [6.07, 6.45) is 0. The SMILES string of the molecule is CN(C)S(=O)(=O)NCCOc1ccc(Cl)cc1. The van der Waals surface area contributed by atoms with Gasteiger partial charge >= 0.3 is 0 Å². The predicted octanol–water partition coefficient (Wildman–Crippen LogP) is 1.11. The Morgan fingerprint density at radius 1 is 1.29 bits per heavy atom. The van der Waals surface area contributed by atoms with Gasteiger partial charge in [0.25, 0.3) is 10.2 Å². The number of ether oxygens (including phenoxy) is 1. The van der Waals surface area contributed by atoms with Crippen LogP contribution in [-0.2, 0) is 10.2 Å². The third kappa shape index (κ3) is 4.91. The van der Waals surface area contributed by atoms with Crippen molar-refractivity contribution in [3.05, 3.63) is 29.3 Å². The number of hydrogen-bond acceptors (Lipinski definition) is 3. The molecular weight excluding hydrogens is 264 g/mol. The van der Waals surface area contributed by atoms with Gasteiger partial charge in [-0.3, -0.25) is 0 Å². The van der Waals surface area contributed by atoms with E-state index in [0.29, 0.717) is 10.8 Å². The van der Waals surface area contributed by atoms with Crippen LogP contribution in [0, 0.1) is 0 Å². The maximum Gasteiger partial charge on any atom is 0.279 e. The van der Waals surface area contributed by atoms with Crippen molar-refractivity contribution >= 4 is 21.8 Å². The van der Waals surface area contributed by atoms with Gasteiger partial charge in [-0.15, -0.1) is 0 Å². The van der Waals surface area contributed by atoms with Gasteiger partial charge in [0.05, 0.1) is 0 Å². The Morgan fingerprint density at radius 3 is 2.41 bits per heavy atom. The van der Waals surface area contributed by atoms with E-state index < -0.39 is 10.2 Å². The predicted molar refractivity (Wildman–Crippen MR) is 67.6 cm³/mol. The molecule has 0 aliphatic carbocycles. The zero-order valence-corrected chi connectivity index (χ0v) is 11.3. The first-order chi connectivity index (χ1) is 7.92. The fourth-order valence-corrected chi connectivity index (χ4v) is 1.72. The Labute approximate surface area is 107 Å². The fourth-order valence-electron chi connectivity index (χ4n) is 0.999. The van der Waals surface area contributed by atoms with Crippen LogP contribution in [0.4, 0.5) is 0 Å². The molecule has 0 fully saturated rings. The Hall–Kier alpha value is -0.820. The fraction of sp³-hybridized carbons (Fsp3) is 0.400. The van der Waals surface area contributed by atoms with Crippen molar-refractivity contribution in [2.45, 2.75) is 0 Å². The standard InChI is InChI=1S/C10H15ClN2O3S/c1-13(2)17(14,15)12-7-8-16-10-5-3-9(11)4-6-10/h3-6,12H,7-8H2,1-2H3. The van der Waals surface area contributed by atoms with Crippen LogP contribution in [0.2, 0.25) is 5.02 Å². The molecule has 0 heterocycles. The Morgan fingerprint density at radius 2 is 1.88 bits per heavy atom. The van der Waals surface area contributed by atoms with Crippen molar-refractivity contribution in [2.75, 3.05) is 27.2 Å². The van der Waals surface area contributed by atoms with Crippen LogP contribution < -0.4 is 9.46 Å². The van der Waals surface area contributed by atoms with Crippen molar-refractivity contribution in [2.24, 2.45) is 0 Å². The first-order valence-electron chi connectivity index (χ1n) is 4.97. The normalized spacial score (nSPS) is 11.8. The molecule has 0 amide bonds. The van der Waals surface area contributed by atoms with E-state index in [4.69, 9.17) is 16.3 Å². The lowest BCUT2D eigenvalue weighted by molar-refractivity contribution is 0.321. The summed E-state index contributed by atoms with van der Waals surface area (Å²) in [5.74, 6) is 0.651. The lowest BCUT2D eigenvalue weighted by Crippen LogP contribution is -2.37. The summed E-state index contributed by atoms with van der Waals surface area (Å²) in [4.78, 5) is 0. The largest absolute Gasteiger partial charge is 0.492 e. The summed E-state index contributed by atoms with van der Waals surface area (Å²) < 4.78 is 31.5. The molecule has 1 aromatic rings. The summed E-state index contributed by atoms with van der Waals surface area (Å²) in [6.45, 7) is 0.470. The molecule has 0 radical (unpaired) electrons. The summed E-state index contributed by atoms with van der Waals surface area (Å²) >= 11 is 5.71. The van der Waals surface area contributed by atoms with Gasteiger partial charge in [0.1, 0.15) is 12.4 Å². The topological polar surface area (TPSA) is 58.6 Å². The van der Waals surface area contributed by atoms with E-state index in [2.05, 4.69) is 4.72 Å². The second kappa shape index (κ2) is 6.20. The Bertz CT molecular complexity index is 445. The lowest BCUT2D eigenvalue weighted by Gasteiger charge is -2.12. The molecule has 0 atom stereocenters. The molecule has 0 aromatic heterocycles. The van der Waals surface area contributed by atoms with E-state index >= 15 is 0 Å². The van der Waals surface area contributed by atoms with Gasteiger partial charge in [-0.2, -0.15) is 17.4 Å². The number of rotatable bonds is 6. The smallest absolute Gasteiger partial charge is 0.279 e. The number of halogens is 1. The maximum atomic E-state index is 11.3. The van der Waals surface area contributed by atoms with E-state index in [0.717, 1.165) is 4.31 Å². The van der Waals surface area contributed by atoms with Crippen LogP contribution in [0.3, 0.4) is 0 Å². The highest BCUT2D eigenvalue weighted by molar-refractivity contribution is 7.87. The lowest BCUT2D eigenvalue weighted by atomic mass is 10.3. The third-order valence-corrected chi connectivity index (χ3v) is 3.73. The van der Waals surface area contributed by atoms with Gasteiger partial charge in [0, 0.05) is 25.7 Å². The summed E-state index contributed by atoms with van der Waals surface area (Å²) in [5, 5.41) is 0.630. The molecule has 0 aliphatic heterocycles. The molecule has 0 spiro atoms. The molecular formula is C10H15ClN2O3S. The van der Waals surface area contributed by atoms with E-state index in [1.165, 1.54) is 14.1 Å². The van der Waals surface area contributed by atoms with Gasteiger partial charge < -0.3 is 4.74 Å². The van der Waals surface area contributed by atoms with Gasteiger partial charge in [-0.1, -0.05) is 11.6 Å². The highest BCUT2D eigenvalue weighted by Crippen LogP contribution is 2.15. The molecule has 17 heavy (non-hydrogen) atoms. The van der Waals surface area contributed by atoms with E-state index in [9.17, 15) is 8.42 Å². The molecule has 96 valence electrons. The monoisotopic (exact) mass is 278 g/mol. The number of nitrogens with one attached hydrogen (secondary N) is 1. The summed E-state index contributed by atoms with van der Waals surface area (Å²) in [5.41, 5.74) is 0. The molecule has 0 bridgehead atoms. The van der Waals surface area contributed by atoms with Crippen LogP contribution >= 0.6 is 11.6 Å². The van der Waals surface area contributed by atoms with Crippen molar-refractivity contribution in [1.29, 1.82) is 0 Å². The van der Waals surface area contributed by atoms with Gasteiger partial charge in [0.2, 0.25) is 0 Å². The van der Waals surface area contributed by atoms with E-state index in [1.54, 1.807) is 24.3 Å². The van der Waals surface area contributed by atoms with Crippen molar-refractivity contribution < 1.29 is 13.2 Å². The zero-order valence-electron chi connectivity index (χ0n) is 9.68. The third-order valence-electron chi connectivity index (χ3n) is 1.95. The molecule has 0 aliphatic rings. The molecule has 0 saturated heterocycles. The average Bonchev–Trinajstić information content (AvgIpc) is 2.26. The van der Waals surface area contributed by atoms with E-state index in [1.807, 2.05) is 0 Å². The van der Waals surface area contributed by atoms with E-state index in [-0.39, 0.29) is 13.2 Å². The average molecular weight is 279 g/mol. The second-order valence-electron chi connectivity index (χ2n) is 3.48. The minimum Gasteiger partial charge on any atom is -0.492 e. The molecule has 1 rings (SSSR count). The number of hydrogen-bond donors (Lipinski definition) is 1. The zero-order chi connectivity index (χ0) is 12.9. The van der Waals surface area contributed by atoms with Crippen LogP contribution in [0.5, 0.6) is 5.75 Å². The molecule has 0 saturated carbocycles. The molecule has 7 heteroatoms. The van der Waals surface area contributed by atoms with Crippen LogP contribution in [-0.4, -0.2) is 40.0 Å². The molecule has 0 unspecified atom stereocenters. The minimum atomic E-state index is -3.38.